The van der Waals surface area contributed by atoms with Crippen LogP contribution < -0.4 is 10.6 Å². The maximum atomic E-state index is 11.8. The maximum Gasteiger partial charge on any atom is 0.329 e. The first kappa shape index (κ1) is 15.0. The fourth-order valence-electron chi connectivity index (χ4n) is 1.60. The summed E-state index contributed by atoms with van der Waals surface area (Å²) in [4.78, 5) is 23.0. The van der Waals surface area contributed by atoms with Crippen LogP contribution in [-0.2, 0) is 18.3 Å². The average Bonchev–Trinajstić information content (AvgIpc) is 2.68. The highest BCUT2D eigenvalue weighted by atomic mass is 16.4. The first-order chi connectivity index (χ1) is 8.82. The van der Waals surface area contributed by atoms with Gasteiger partial charge in [0.15, 0.2) is 0 Å². The number of aliphatic carboxylic acids is 1. The van der Waals surface area contributed by atoms with Gasteiger partial charge in [-0.25, -0.2) is 9.59 Å². The quantitative estimate of drug-likeness (QED) is 0.751. The van der Waals surface area contributed by atoms with Crippen LogP contribution in [0.3, 0.4) is 0 Å². The van der Waals surface area contributed by atoms with E-state index < -0.39 is 17.5 Å². The summed E-state index contributed by atoms with van der Waals surface area (Å²) < 4.78 is 1.60. The third kappa shape index (κ3) is 3.46. The van der Waals surface area contributed by atoms with E-state index in [1.54, 1.807) is 24.9 Å². The Kier molecular flexibility index (Phi) is 4.52. The van der Waals surface area contributed by atoms with E-state index in [1.807, 2.05) is 6.92 Å². The van der Waals surface area contributed by atoms with E-state index in [9.17, 15) is 9.59 Å². The van der Waals surface area contributed by atoms with Crippen molar-refractivity contribution in [3.8, 4) is 0 Å². The van der Waals surface area contributed by atoms with Crippen molar-refractivity contribution < 1.29 is 14.7 Å². The Balaban J connectivity index is 2.77. The predicted octanol–water partition coefficient (Wildman–Crippen LogP) is 1.36. The molecule has 7 heteroatoms. The molecule has 7 nitrogen and oxygen atoms in total. The zero-order valence-corrected chi connectivity index (χ0v) is 11.6. The van der Waals surface area contributed by atoms with Crippen LogP contribution in [0.4, 0.5) is 10.5 Å². The van der Waals surface area contributed by atoms with Crippen LogP contribution in [0.1, 0.15) is 32.9 Å². The highest BCUT2D eigenvalue weighted by Gasteiger charge is 2.32. The Morgan fingerprint density at radius 3 is 2.58 bits per heavy atom. The molecule has 1 atom stereocenters. The summed E-state index contributed by atoms with van der Waals surface area (Å²) in [6.07, 6.45) is 2.66. The fraction of sp³-hybridized carbons (Fsp3) is 0.583. The van der Waals surface area contributed by atoms with Gasteiger partial charge in [-0.2, -0.15) is 5.10 Å². The predicted molar refractivity (Wildman–Crippen MR) is 71.1 cm³/mol. The van der Waals surface area contributed by atoms with Gasteiger partial charge in [-0.3, -0.25) is 4.68 Å². The fourth-order valence-corrected chi connectivity index (χ4v) is 1.60. The smallest absolute Gasteiger partial charge is 0.329 e. The lowest BCUT2D eigenvalue weighted by Crippen LogP contribution is -2.53. The zero-order valence-electron chi connectivity index (χ0n) is 11.6. The Morgan fingerprint density at radius 2 is 2.11 bits per heavy atom. The van der Waals surface area contributed by atoms with Crippen LogP contribution >= 0.6 is 0 Å². The highest BCUT2D eigenvalue weighted by molar-refractivity contribution is 5.94. The molecule has 0 aliphatic rings. The Hall–Kier alpha value is -2.05. The van der Waals surface area contributed by atoms with Crippen molar-refractivity contribution >= 4 is 17.7 Å². The van der Waals surface area contributed by atoms with Crippen molar-refractivity contribution in [1.29, 1.82) is 0 Å². The summed E-state index contributed by atoms with van der Waals surface area (Å²) >= 11 is 0. The van der Waals surface area contributed by atoms with Gasteiger partial charge < -0.3 is 15.7 Å². The number of anilines is 1. The van der Waals surface area contributed by atoms with E-state index in [0.717, 1.165) is 5.69 Å². The number of nitrogens with one attached hydrogen (secondary N) is 2. The minimum Gasteiger partial charge on any atom is -0.480 e. The number of hydrogen-bond donors (Lipinski definition) is 3. The zero-order chi connectivity index (χ0) is 14.6. The number of carboxylic acids is 1. The molecule has 0 bridgehead atoms. The molecule has 0 aliphatic heterocycles. The maximum absolute atomic E-state index is 11.8. The Morgan fingerprint density at radius 1 is 1.47 bits per heavy atom. The van der Waals surface area contributed by atoms with E-state index >= 15 is 0 Å². The van der Waals surface area contributed by atoms with Crippen molar-refractivity contribution in [2.24, 2.45) is 7.05 Å². The van der Waals surface area contributed by atoms with E-state index in [1.165, 1.54) is 6.92 Å². The molecule has 2 amide bonds. The highest BCUT2D eigenvalue weighted by Crippen LogP contribution is 2.15. The molecule has 1 heterocycles. The van der Waals surface area contributed by atoms with E-state index in [-0.39, 0.29) is 0 Å². The molecular formula is C12H20N4O3. The van der Waals surface area contributed by atoms with E-state index in [0.29, 0.717) is 18.5 Å². The van der Waals surface area contributed by atoms with E-state index in [2.05, 4.69) is 15.7 Å². The van der Waals surface area contributed by atoms with Crippen molar-refractivity contribution in [2.45, 2.75) is 39.2 Å². The number of aromatic nitrogens is 2. The number of carboxylic acid groups (broad SMARTS) is 1. The number of carbonyl (C=O) groups excluding carboxylic acids is 1. The second-order valence-electron chi connectivity index (χ2n) is 4.59. The lowest BCUT2D eigenvalue weighted by molar-refractivity contribution is -0.143. The minimum absolute atomic E-state index is 0.295. The first-order valence-corrected chi connectivity index (χ1v) is 6.17. The van der Waals surface area contributed by atoms with Gasteiger partial charge in [0.1, 0.15) is 5.54 Å². The number of urea groups is 1. The van der Waals surface area contributed by atoms with E-state index in [4.69, 9.17) is 5.11 Å². The average molecular weight is 268 g/mol. The summed E-state index contributed by atoms with van der Waals surface area (Å²) in [7, 11) is 1.76. The minimum atomic E-state index is -1.28. The number of nitrogens with zero attached hydrogens (tertiary/aromatic N) is 2. The van der Waals surface area contributed by atoms with Crippen LogP contribution in [0.25, 0.3) is 0 Å². The van der Waals surface area contributed by atoms with Crippen LogP contribution in [0.2, 0.25) is 0 Å². The second kappa shape index (κ2) is 5.73. The van der Waals surface area contributed by atoms with Crippen molar-refractivity contribution in [3.05, 3.63) is 11.9 Å². The third-order valence-electron chi connectivity index (χ3n) is 3.06. The largest absolute Gasteiger partial charge is 0.480 e. The third-order valence-corrected chi connectivity index (χ3v) is 3.06. The number of carbonyl (C=O) groups is 2. The molecule has 0 saturated carbocycles. The topological polar surface area (TPSA) is 96.3 Å². The SMILES string of the molecule is CCc1nn(C)cc1NC(=O)NC(C)(CC)C(=O)O. The molecule has 0 aliphatic carbocycles. The molecule has 0 radical (unpaired) electrons. The first-order valence-electron chi connectivity index (χ1n) is 6.17. The van der Waals surface area contributed by atoms with Gasteiger partial charge >= 0.3 is 12.0 Å². The Bertz CT molecular complexity index is 483. The summed E-state index contributed by atoms with van der Waals surface area (Å²) in [6.45, 7) is 5.10. The number of aryl methyl sites for hydroxylation is 2. The molecular weight excluding hydrogens is 248 g/mol. The summed E-state index contributed by atoms with van der Waals surface area (Å²) in [6, 6.07) is -0.547. The number of rotatable bonds is 5. The molecule has 19 heavy (non-hydrogen) atoms. The molecule has 3 N–H and O–H groups in total. The lowest BCUT2D eigenvalue weighted by Gasteiger charge is -2.24. The standard InChI is InChI=1S/C12H20N4O3/c1-5-8-9(7-16(4)15-8)13-11(19)14-12(3,6-2)10(17)18/h7H,5-6H2,1-4H3,(H,17,18)(H2,13,14,19). The number of hydrogen-bond acceptors (Lipinski definition) is 3. The molecule has 0 aromatic carbocycles. The van der Waals surface area contributed by atoms with Crippen LogP contribution in [0.15, 0.2) is 6.20 Å². The molecule has 0 fully saturated rings. The van der Waals surface area contributed by atoms with Crippen molar-refractivity contribution in [3.63, 3.8) is 0 Å². The van der Waals surface area contributed by atoms with Gasteiger partial charge in [-0.15, -0.1) is 0 Å². The van der Waals surface area contributed by atoms with Gasteiger partial charge in [0, 0.05) is 13.2 Å². The van der Waals surface area contributed by atoms with Crippen LogP contribution in [-0.4, -0.2) is 32.4 Å². The molecule has 1 aromatic heterocycles. The van der Waals surface area contributed by atoms with Crippen LogP contribution in [0.5, 0.6) is 0 Å². The normalized spacial score (nSPS) is 13.7. The molecule has 106 valence electrons. The monoisotopic (exact) mass is 268 g/mol. The molecule has 1 aromatic rings. The molecule has 0 saturated heterocycles. The van der Waals surface area contributed by atoms with Crippen molar-refractivity contribution in [2.75, 3.05) is 5.32 Å². The van der Waals surface area contributed by atoms with Gasteiger partial charge in [0.2, 0.25) is 0 Å². The Labute approximate surface area is 112 Å². The van der Waals surface area contributed by atoms with Gasteiger partial charge in [0.25, 0.3) is 0 Å². The lowest BCUT2D eigenvalue weighted by atomic mass is 10.00. The summed E-state index contributed by atoms with van der Waals surface area (Å²) in [5.41, 5.74) is 0.0658. The number of amides is 2. The second-order valence-corrected chi connectivity index (χ2v) is 4.59. The van der Waals surface area contributed by atoms with Crippen molar-refractivity contribution in [1.82, 2.24) is 15.1 Å². The summed E-state index contributed by atoms with van der Waals surface area (Å²) in [5.74, 6) is -1.06. The molecule has 1 unspecified atom stereocenters. The molecule has 0 spiro atoms. The van der Waals surface area contributed by atoms with Gasteiger partial charge in [-0.05, 0) is 19.8 Å². The van der Waals surface area contributed by atoms with Gasteiger partial charge in [0.05, 0.1) is 11.4 Å². The molecule has 1 rings (SSSR count). The summed E-state index contributed by atoms with van der Waals surface area (Å²) in [5, 5.41) is 18.4. The van der Waals surface area contributed by atoms with Crippen LogP contribution in [0, 0.1) is 0 Å². The van der Waals surface area contributed by atoms with Gasteiger partial charge in [-0.1, -0.05) is 13.8 Å².